The molecule has 0 spiro atoms. The Labute approximate surface area is 142 Å². The molecular formula is C19H23N3O2. The van der Waals surface area contributed by atoms with E-state index in [1.165, 1.54) is 11.1 Å². The zero-order valence-corrected chi connectivity index (χ0v) is 14.1. The Balaban J connectivity index is 1.41. The minimum Gasteiger partial charge on any atom is -0.339 e. The van der Waals surface area contributed by atoms with E-state index in [0.717, 1.165) is 32.1 Å². The number of fused-ring (bicyclic) bond motifs is 1. The second kappa shape index (κ2) is 6.38. The lowest BCUT2D eigenvalue weighted by molar-refractivity contribution is -0.134. The number of aryl methyl sites for hydroxylation is 3. The predicted octanol–water partition coefficient (Wildman–Crippen LogP) is 3.38. The Kier molecular flexibility index (Phi) is 4.08. The van der Waals surface area contributed by atoms with Crippen LogP contribution in [0.3, 0.4) is 0 Å². The summed E-state index contributed by atoms with van der Waals surface area (Å²) >= 11 is 0. The van der Waals surface area contributed by atoms with Gasteiger partial charge in [-0.1, -0.05) is 29.4 Å². The Morgan fingerprint density at radius 2 is 2.12 bits per heavy atom. The van der Waals surface area contributed by atoms with Crippen LogP contribution in [0.15, 0.2) is 28.8 Å². The van der Waals surface area contributed by atoms with E-state index in [9.17, 15) is 4.79 Å². The summed E-state index contributed by atoms with van der Waals surface area (Å²) in [6.07, 6.45) is 6.42. The number of hydrogen-bond acceptors (Lipinski definition) is 4. The van der Waals surface area contributed by atoms with E-state index in [4.69, 9.17) is 4.52 Å². The highest BCUT2D eigenvalue weighted by molar-refractivity contribution is 5.77. The number of carbonyl (C=O) groups is 1. The Morgan fingerprint density at radius 3 is 2.88 bits per heavy atom. The van der Waals surface area contributed by atoms with E-state index in [2.05, 4.69) is 39.3 Å². The number of amides is 1. The van der Waals surface area contributed by atoms with Gasteiger partial charge in [-0.15, -0.1) is 0 Å². The molecular weight excluding hydrogens is 302 g/mol. The first-order valence-corrected chi connectivity index (χ1v) is 8.90. The van der Waals surface area contributed by atoms with E-state index in [1.54, 1.807) is 0 Å². The smallest absolute Gasteiger partial charge is 0.226 e. The van der Waals surface area contributed by atoms with Crippen LogP contribution in [0.4, 0.5) is 0 Å². The van der Waals surface area contributed by atoms with Crippen LogP contribution in [-0.4, -0.2) is 27.0 Å². The summed E-state index contributed by atoms with van der Waals surface area (Å²) in [5, 5.41) is 3.79. The highest BCUT2D eigenvalue weighted by Gasteiger charge is 2.39. The van der Waals surface area contributed by atoms with E-state index >= 15 is 0 Å². The summed E-state index contributed by atoms with van der Waals surface area (Å²) in [7, 11) is 0. The molecule has 24 heavy (non-hydrogen) atoms. The van der Waals surface area contributed by atoms with Gasteiger partial charge in [-0.2, -0.15) is 4.98 Å². The average Bonchev–Trinajstić information content (AvgIpc) is 3.19. The molecule has 1 heterocycles. The maximum absolute atomic E-state index is 12.9. The highest BCUT2D eigenvalue weighted by atomic mass is 16.5. The van der Waals surface area contributed by atoms with Crippen LogP contribution in [0.25, 0.3) is 0 Å². The minimum atomic E-state index is 0.270. The normalized spacial score (nSPS) is 19.3. The van der Waals surface area contributed by atoms with Crippen molar-refractivity contribution in [3.63, 3.8) is 0 Å². The van der Waals surface area contributed by atoms with Crippen molar-refractivity contribution < 1.29 is 9.32 Å². The van der Waals surface area contributed by atoms with Crippen molar-refractivity contribution >= 4 is 5.91 Å². The van der Waals surface area contributed by atoms with Crippen molar-refractivity contribution in [2.75, 3.05) is 0 Å². The number of aromatic nitrogens is 2. The van der Waals surface area contributed by atoms with Crippen LogP contribution in [0.5, 0.6) is 0 Å². The summed E-state index contributed by atoms with van der Waals surface area (Å²) < 4.78 is 5.13. The van der Waals surface area contributed by atoms with E-state index in [0.29, 0.717) is 30.6 Å². The molecule has 1 atom stereocenters. The Hall–Kier alpha value is -2.17. The van der Waals surface area contributed by atoms with Gasteiger partial charge in [0.05, 0.1) is 6.04 Å². The van der Waals surface area contributed by atoms with Crippen molar-refractivity contribution in [2.45, 2.75) is 64.0 Å². The maximum Gasteiger partial charge on any atom is 0.226 e. The summed E-state index contributed by atoms with van der Waals surface area (Å²) in [5.41, 5.74) is 2.76. The molecule has 0 radical (unpaired) electrons. The molecule has 1 unspecified atom stereocenters. The van der Waals surface area contributed by atoms with E-state index in [1.807, 2.05) is 6.92 Å². The molecule has 0 bridgehead atoms. The van der Waals surface area contributed by atoms with Gasteiger partial charge in [0.1, 0.15) is 0 Å². The zero-order chi connectivity index (χ0) is 16.5. The molecule has 2 aliphatic rings. The molecule has 0 N–H and O–H groups in total. The van der Waals surface area contributed by atoms with Crippen LogP contribution in [0.1, 0.15) is 61.0 Å². The molecule has 1 aromatic heterocycles. The fourth-order valence-corrected chi connectivity index (χ4v) is 3.77. The maximum atomic E-state index is 12.9. The van der Waals surface area contributed by atoms with Crippen LogP contribution >= 0.6 is 0 Å². The Morgan fingerprint density at radius 1 is 1.29 bits per heavy atom. The molecule has 5 nitrogen and oxygen atoms in total. The summed E-state index contributed by atoms with van der Waals surface area (Å²) in [5.74, 6) is 1.55. The average molecular weight is 325 g/mol. The van der Waals surface area contributed by atoms with Crippen LogP contribution in [-0.2, 0) is 17.6 Å². The molecule has 126 valence electrons. The lowest BCUT2D eigenvalue weighted by Gasteiger charge is -2.30. The van der Waals surface area contributed by atoms with Crippen LogP contribution in [0, 0.1) is 6.92 Å². The molecule has 2 aliphatic carbocycles. The number of benzene rings is 1. The first kappa shape index (κ1) is 15.4. The van der Waals surface area contributed by atoms with Gasteiger partial charge in [0.15, 0.2) is 5.82 Å². The van der Waals surface area contributed by atoms with Gasteiger partial charge in [0.25, 0.3) is 0 Å². The first-order chi connectivity index (χ1) is 11.7. The van der Waals surface area contributed by atoms with E-state index in [-0.39, 0.29) is 11.9 Å². The molecule has 0 aliphatic heterocycles. The quantitative estimate of drug-likeness (QED) is 0.817. The fourth-order valence-electron chi connectivity index (χ4n) is 3.77. The number of nitrogens with zero attached hydrogens (tertiary/aromatic N) is 3. The predicted molar refractivity (Wildman–Crippen MR) is 89.3 cm³/mol. The van der Waals surface area contributed by atoms with Crippen molar-refractivity contribution in [2.24, 2.45) is 0 Å². The molecule has 1 saturated carbocycles. The Bertz CT molecular complexity index is 736. The van der Waals surface area contributed by atoms with Crippen molar-refractivity contribution in [1.82, 2.24) is 15.0 Å². The summed E-state index contributed by atoms with van der Waals surface area (Å²) in [4.78, 5) is 19.3. The second-order valence-corrected chi connectivity index (χ2v) is 6.87. The molecule has 2 aromatic rings. The van der Waals surface area contributed by atoms with Gasteiger partial charge in [-0.3, -0.25) is 4.79 Å². The van der Waals surface area contributed by atoms with Crippen LogP contribution in [0.2, 0.25) is 0 Å². The van der Waals surface area contributed by atoms with Gasteiger partial charge in [0, 0.05) is 18.9 Å². The molecule has 5 heteroatoms. The van der Waals surface area contributed by atoms with Gasteiger partial charge in [0.2, 0.25) is 11.8 Å². The second-order valence-electron chi connectivity index (χ2n) is 6.87. The minimum absolute atomic E-state index is 0.270. The van der Waals surface area contributed by atoms with E-state index < -0.39 is 0 Å². The lowest BCUT2D eigenvalue weighted by Crippen LogP contribution is -2.35. The van der Waals surface area contributed by atoms with Crippen molar-refractivity contribution in [3.05, 3.63) is 47.1 Å². The first-order valence-electron chi connectivity index (χ1n) is 8.90. The number of carbonyl (C=O) groups excluding carboxylic acids is 1. The largest absolute Gasteiger partial charge is 0.339 e. The van der Waals surface area contributed by atoms with Gasteiger partial charge < -0.3 is 9.42 Å². The summed E-state index contributed by atoms with van der Waals surface area (Å²) in [6, 6.07) is 9.28. The van der Waals surface area contributed by atoms with Crippen LogP contribution < -0.4 is 0 Å². The SMILES string of the molecule is Cc1noc(CCCC(=O)N(C2CC2)C2CCc3ccccc32)n1. The zero-order valence-electron chi connectivity index (χ0n) is 14.1. The third-order valence-corrected chi connectivity index (χ3v) is 5.02. The standard InChI is InChI=1S/C19H23N3O2/c1-13-20-18(24-21-13)7-4-8-19(23)22(15-10-11-15)17-12-9-14-5-2-3-6-16(14)17/h2-3,5-6,15,17H,4,7-12H2,1H3. The van der Waals surface area contributed by atoms with Gasteiger partial charge in [-0.25, -0.2) is 0 Å². The summed E-state index contributed by atoms with van der Waals surface area (Å²) in [6.45, 7) is 1.81. The monoisotopic (exact) mass is 325 g/mol. The molecule has 4 rings (SSSR count). The van der Waals surface area contributed by atoms with Gasteiger partial charge in [-0.05, 0) is 50.2 Å². The molecule has 1 fully saturated rings. The van der Waals surface area contributed by atoms with Gasteiger partial charge >= 0.3 is 0 Å². The third-order valence-electron chi connectivity index (χ3n) is 5.02. The lowest BCUT2D eigenvalue weighted by atomic mass is 10.1. The van der Waals surface area contributed by atoms with Crippen molar-refractivity contribution in [3.8, 4) is 0 Å². The van der Waals surface area contributed by atoms with Crippen molar-refractivity contribution in [1.29, 1.82) is 0 Å². The molecule has 1 amide bonds. The highest BCUT2D eigenvalue weighted by Crippen LogP contribution is 2.42. The third kappa shape index (κ3) is 3.07. The number of hydrogen-bond donors (Lipinski definition) is 0. The topological polar surface area (TPSA) is 59.2 Å². The fraction of sp³-hybridized carbons (Fsp3) is 0.526. The number of rotatable bonds is 6. The molecule has 1 aromatic carbocycles. The molecule has 0 saturated heterocycles.